The van der Waals surface area contributed by atoms with Gasteiger partial charge >= 0.3 is 6.09 Å². The van der Waals surface area contributed by atoms with E-state index in [9.17, 15) is 9.59 Å². The topological polar surface area (TPSA) is 69.6 Å². The molecule has 0 bridgehead atoms. The van der Waals surface area contributed by atoms with Crippen molar-refractivity contribution in [1.29, 1.82) is 0 Å². The van der Waals surface area contributed by atoms with E-state index in [2.05, 4.69) is 0 Å². The number of carbonyl (C=O) groups is 2. The van der Waals surface area contributed by atoms with Crippen molar-refractivity contribution < 1.29 is 14.7 Å². The number of carbonyl (C=O) groups excluding carboxylic acids is 1. The first kappa shape index (κ1) is 5.87. The van der Waals surface area contributed by atoms with E-state index >= 15 is 0 Å². The van der Waals surface area contributed by atoms with Crippen molar-refractivity contribution in [3.05, 3.63) is 0 Å². The fourth-order valence-corrected chi connectivity index (χ4v) is 0.549. The molecule has 1 aliphatic heterocycles. The summed E-state index contributed by atoms with van der Waals surface area (Å²) in [6, 6.07) is 0. The lowest BCUT2D eigenvalue weighted by Gasteiger charge is -2.28. The summed E-state index contributed by atoms with van der Waals surface area (Å²) in [5, 5.41) is 9.12. The number of nitrogens with one attached hydrogen (secondary N) is 1. The molecule has 0 unspecified atom stereocenters. The largest absolute Gasteiger partial charge is 0.464 e. The summed E-state index contributed by atoms with van der Waals surface area (Å²) in [5.41, 5.74) is 1.93. The summed E-state index contributed by atoms with van der Waals surface area (Å²) in [5.74, 6) is -0.169. The Morgan fingerprint density at radius 3 is 2.56 bits per heavy atom. The highest BCUT2D eigenvalue weighted by atomic mass is 16.4. The zero-order valence-corrected chi connectivity index (χ0v) is 4.63. The van der Waals surface area contributed by atoms with Gasteiger partial charge in [-0.1, -0.05) is 0 Å². The van der Waals surface area contributed by atoms with E-state index in [1.807, 2.05) is 5.43 Å². The molecule has 2 N–H and O–H groups in total. The summed E-state index contributed by atoms with van der Waals surface area (Å²) < 4.78 is 0. The fraction of sp³-hybridized carbons (Fsp3) is 0.500. The number of amides is 2. The number of hydrogen-bond acceptors (Lipinski definition) is 2. The molecular weight excluding hydrogens is 124 g/mol. The maximum atomic E-state index is 10.4. The lowest BCUT2D eigenvalue weighted by atomic mass is 10.3. The smallest absolute Gasteiger partial charge is 0.423 e. The van der Waals surface area contributed by atoms with E-state index in [0.29, 0.717) is 13.0 Å². The highest BCUT2D eigenvalue weighted by molar-refractivity contribution is 5.83. The molecule has 0 aromatic rings. The predicted molar refractivity (Wildman–Crippen MR) is 27.5 cm³/mol. The van der Waals surface area contributed by atoms with Crippen molar-refractivity contribution in [2.24, 2.45) is 0 Å². The first-order valence-electron chi connectivity index (χ1n) is 2.50. The summed E-state index contributed by atoms with van der Waals surface area (Å²) in [6.07, 6.45) is -0.747. The molecule has 1 rings (SSSR count). The Labute approximate surface area is 51.2 Å². The lowest BCUT2D eigenvalue weighted by Crippen LogP contribution is -2.53. The SMILES string of the molecule is O=C(O)NN1CCC1=O. The molecule has 1 heterocycles. The Hall–Kier alpha value is -1.26. The van der Waals surface area contributed by atoms with E-state index in [0.717, 1.165) is 5.01 Å². The van der Waals surface area contributed by atoms with Gasteiger partial charge in [0.2, 0.25) is 5.91 Å². The summed E-state index contributed by atoms with van der Waals surface area (Å²) in [4.78, 5) is 20.2. The monoisotopic (exact) mass is 130 g/mol. The van der Waals surface area contributed by atoms with Crippen LogP contribution in [-0.4, -0.2) is 28.7 Å². The van der Waals surface area contributed by atoms with Crippen molar-refractivity contribution in [1.82, 2.24) is 10.4 Å². The van der Waals surface area contributed by atoms with Gasteiger partial charge in [-0.05, 0) is 0 Å². The van der Waals surface area contributed by atoms with Crippen LogP contribution in [0.3, 0.4) is 0 Å². The molecule has 5 nitrogen and oxygen atoms in total. The van der Waals surface area contributed by atoms with Crippen molar-refractivity contribution in [2.45, 2.75) is 6.42 Å². The van der Waals surface area contributed by atoms with E-state index in [1.165, 1.54) is 0 Å². The van der Waals surface area contributed by atoms with Crippen LogP contribution in [0.15, 0.2) is 0 Å². The molecule has 1 aliphatic rings. The molecule has 0 aliphatic carbocycles. The molecule has 1 saturated heterocycles. The molecule has 0 saturated carbocycles. The number of hydrazine groups is 1. The first-order chi connectivity index (χ1) is 4.20. The summed E-state index contributed by atoms with van der Waals surface area (Å²) in [7, 11) is 0. The quantitative estimate of drug-likeness (QED) is 0.466. The second kappa shape index (κ2) is 1.93. The van der Waals surface area contributed by atoms with Gasteiger partial charge in [-0.25, -0.2) is 10.2 Å². The zero-order chi connectivity index (χ0) is 6.85. The van der Waals surface area contributed by atoms with Crippen molar-refractivity contribution in [3.8, 4) is 0 Å². The van der Waals surface area contributed by atoms with Crippen molar-refractivity contribution in [2.75, 3.05) is 6.54 Å². The normalized spacial score (nSPS) is 16.9. The van der Waals surface area contributed by atoms with Gasteiger partial charge in [-0.15, -0.1) is 0 Å². The maximum Gasteiger partial charge on any atom is 0.423 e. The lowest BCUT2D eigenvalue weighted by molar-refractivity contribution is -0.143. The number of carboxylic acid groups (broad SMARTS) is 1. The number of nitrogens with zero attached hydrogens (tertiary/aromatic N) is 1. The van der Waals surface area contributed by atoms with Crippen molar-refractivity contribution in [3.63, 3.8) is 0 Å². The molecule has 0 spiro atoms. The Bertz CT molecular complexity index is 156. The van der Waals surface area contributed by atoms with Crippen LogP contribution in [-0.2, 0) is 4.79 Å². The van der Waals surface area contributed by atoms with Crippen LogP contribution in [0.5, 0.6) is 0 Å². The van der Waals surface area contributed by atoms with E-state index in [-0.39, 0.29) is 5.91 Å². The van der Waals surface area contributed by atoms with Crippen LogP contribution in [0.2, 0.25) is 0 Å². The molecule has 50 valence electrons. The van der Waals surface area contributed by atoms with Crippen LogP contribution < -0.4 is 5.43 Å². The first-order valence-corrected chi connectivity index (χ1v) is 2.50. The minimum absolute atomic E-state index is 0.169. The average Bonchev–Trinajstić information content (AvgIpc) is 1.79. The van der Waals surface area contributed by atoms with Gasteiger partial charge in [0.15, 0.2) is 0 Å². The molecule has 9 heavy (non-hydrogen) atoms. The van der Waals surface area contributed by atoms with Crippen LogP contribution >= 0.6 is 0 Å². The standard InChI is InChI=1S/C4H6N2O3/c7-3-1-2-6(3)5-4(8)9/h5H,1-2H2,(H,8,9). The molecule has 0 aromatic heterocycles. The minimum atomic E-state index is -1.19. The van der Waals surface area contributed by atoms with Gasteiger partial charge in [0.05, 0.1) is 6.54 Å². The zero-order valence-electron chi connectivity index (χ0n) is 4.63. The summed E-state index contributed by atoms with van der Waals surface area (Å²) >= 11 is 0. The second-order valence-corrected chi connectivity index (χ2v) is 1.71. The molecule has 0 atom stereocenters. The van der Waals surface area contributed by atoms with Gasteiger partial charge in [0.1, 0.15) is 0 Å². The third kappa shape index (κ3) is 1.10. The van der Waals surface area contributed by atoms with Crippen LogP contribution in [0.1, 0.15) is 6.42 Å². The predicted octanol–water partition coefficient (Wildman–Crippen LogP) is -0.599. The number of hydrogen-bond donors (Lipinski definition) is 2. The van der Waals surface area contributed by atoms with E-state index in [1.54, 1.807) is 0 Å². The molecule has 2 amide bonds. The minimum Gasteiger partial charge on any atom is -0.464 e. The fourth-order valence-electron chi connectivity index (χ4n) is 0.549. The Morgan fingerprint density at radius 1 is 1.78 bits per heavy atom. The Morgan fingerprint density at radius 2 is 2.44 bits per heavy atom. The van der Waals surface area contributed by atoms with E-state index < -0.39 is 6.09 Å². The van der Waals surface area contributed by atoms with Crippen molar-refractivity contribution >= 4 is 12.0 Å². The number of β-lactam (4-membered cyclic amide) rings is 1. The Balaban J connectivity index is 2.29. The van der Waals surface area contributed by atoms with Crippen LogP contribution in [0, 0.1) is 0 Å². The molecule has 0 aromatic carbocycles. The van der Waals surface area contributed by atoms with Crippen LogP contribution in [0.25, 0.3) is 0 Å². The second-order valence-electron chi connectivity index (χ2n) is 1.71. The van der Waals surface area contributed by atoms with Gasteiger partial charge in [0.25, 0.3) is 0 Å². The summed E-state index contributed by atoms with van der Waals surface area (Å²) in [6.45, 7) is 0.491. The van der Waals surface area contributed by atoms with Gasteiger partial charge in [0, 0.05) is 6.42 Å². The van der Waals surface area contributed by atoms with E-state index in [4.69, 9.17) is 5.11 Å². The highest BCUT2D eigenvalue weighted by Gasteiger charge is 2.24. The molecule has 0 radical (unpaired) electrons. The average molecular weight is 130 g/mol. The third-order valence-corrected chi connectivity index (χ3v) is 1.08. The molecule has 1 fully saturated rings. The Kier molecular flexibility index (Phi) is 1.26. The maximum absolute atomic E-state index is 10.4. The molecular formula is C4H6N2O3. The number of rotatable bonds is 1. The molecule has 5 heteroatoms. The highest BCUT2D eigenvalue weighted by Crippen LogP contribution is 2.02. The van der Waals surface area contributed by atoms with Gasteiger partial charge in [-0.3, -0.25) is 9.80 Å². The van der Waals surface area contributed by atoms with Crippen LogP contribution in [0.4, 0.5) is 4.79 Å². The third-order valence-electron chi connectivity index (χ3n) is 1.08. The van der Waals surface area contributed by atoms with Gasteiger partial charge < -0.3 is 5.11 Å². The van der Waals surface area contributed by atoms with Gasteiger partial charge in [-0.2, -0.15) is 0 Å².